The van der Waals surface area contributed by atoms with Crippen LogP contribution >= 0.6 is 0 Å². The van der Waals surface area contributed by atoms with Crippen LogP contribution in [0.25, 0.3) is 11.1 Å². The second-order valence-electron chi connectivity index (χ2n) is 5.19. The van der Waals surface area contributed by atoms with Crippen molar-refractivity contribution in [3.05, 3.63) is 67.3 Å². The summed E-state index contributed by atoms with van der Waals surface area (Å²) < 4.78 is 10.1. The molecular weight excluding hydrogens is 304 g/mol. The molecule has 0 unspecified atom stereocenters. The number of rotatable bonds is 8. The maximum absolute atomic E-state index is 11.8. The summed E-state index contributed by atoms with van der Waals surface area (Å²) >= 11 is 0. The van der Waals surface area contributed by atoms with Gasteiger partial charge in [-0.3, -0.25) is 4.79 Å². The summed E-state index contributed by atoms with van der Waals surface area (Å²) in [5, 5.41) is 0. The predicted octanol–water partition coefficient (Wildman–Crippen LogP) is 4.16. The zero-order valence-electron chi connectivity index (χ0n) is 13.4. The van der Waals surface area contributed by atoms with Crippen LogP contribution in [0.1, 0.15) is 19.3 Å². The monoisotopic (exact) mass is 324 g/mol. The molecule has 0 aliphatic rings. The quantitative estimate of drug-likeness (QED) is 0.317. The predicted molar refractivity (Wildman–Crippen MR) is 92.5 cm³/mol. The molecule has 0 bridgehead atoms. The van der Waals surface area contributed by atoms with Gasteiger partial charge in [-0.15, -0.1) is 0 Å². The average Bonchev–Trinajstić information content (AvgIpc) is 2.62. The minimum Gasteiger partial charge on any atom is -0.463 e. The van der Waals surface area contributed by atoms with E-state index in [1.54, 1.807) is 12.1 Å². The maximum Gasteiger partial charge on any atom is 0.330 e. The molecule has 0 fully saturated rings. The molecular formula is C20H20O4. The van der Waals surface area contributed by atoms with E-state index in [0.29, 0.717) is 18.6 Å². The third-order valence-electron chi connectivity index (χ3n) is 3.38. The number of benzene rings is 2. The van der Waals surface area contributed by atoms with Crippen molar-refractivity contribution >= 4 is 11.9 Å². The Labute approximate surface area is 141 Å². The Morgan fingerprint density at radius 2 is 1.58 bits per heavy atom. The van der Waals surface area contributed by atoms with E-state index in [4.69, 9.17) is 9.47 Å². The molecule has 0 saturated carbocycles. The van der Waals surface area contributed by atoms with Gasteiger partial charge in [-0.05, 0) is 36.1 Å². The molecule has 0 aromatic heterocycles. The fourth-order valence-corrected chi connectivity index (χ4v) is 2.13. The van der Waals surface area contributed by atoms with Crippen molar-refractivity contribution in [2.45, 2.75) is 19.3 Å². The summed E-state index contributed by atoms with van der Waals surface area (Å²) in [5.74, 6) is -0.216. The minimum absolute atomic E-state index is 0.282. The van der Waals surface area contributed by atoms with E-state index in [0.717, 1.165) is 17.2 Å². The Hall–Kier alpha value is -2.88. The number of hydrogen-bond donors (Lipinski definition) is 0. The van der Waals surface area contributed by atoms with Crippen LogP contribution in [0.2, 0.25) is 0 Å². The van der Waals surface area contributed by atoms with Crippen molar-refractivity contribution in [2.75, 3.05) is 6.61 Å². The van der Waals surface area contributed by atoms with Crippen LogP contribution in [0.5, 0.6) is 5.75 Å². The van der Waals surface area contributed by atoms with Crippen LogP contribution in [0.15, 0.2) is 67.3 Å². The standard InChI is InChI=1S/C20H20O4/c1-2-19(21)23-15-7-6-10-20(22)24-18-13-11-17(12-14-18)16-8-4-3-5-9-16/h2-5,8-9,11-14H,1,6-7,10,15H2. The molecule has 2 aromatic carbocycles. The van der Waals surface area contributed by atoms with E-state index in [1.165, 1.54) is 0 Å². The van der Waals surface area contributed by atoms with Gasteiger partial charge in [0.2, 0.25) is 0 Å². The van der Waals surface area contributed by atoms with E-state index >= 15 is 0 Å². The molecule has 0 saturated heterocycles. The summed E-state index contributed by atoms with van der Waals surface area (Å²) in [5.41, 5.74) is 2.18. The Balaban J connectivity index is 1.74. The first-order valence-electron chi connectivity index (χ1n) is 7.84. The molecule has 0 radical (unpaired) electrons. The Morgan fingerprint density at radius 1 is 0.917 bits per heavy atom. The first-order chi connectivity index (χ1) is 11.7. The second kappa shape index (κ2) is 9.30. The van der Waals surface area contributed by atoms with E-state index in [-0.39, 0.29) is 19.0 Å². The van der Waals surface area contributed by atoms with Gasteiger partial charge in [0.05, 0.1) is 6.61 Å². The fraction of sp³-hybridized carbons (Fsp3) is 0.200. The van der Waals surface area contributed by atoms with Crippen molar-refractivity contribution in [3.63, 3.8) is 0 Å². The first-order valence-corrected chi connectivity index (χ1v) is 7.84. The number of carbonyl (C=O) groups is 2. The lowest BCUT2D eigenvalue weighted by atomic mass is 10.1. The lowest BCUT2D eigenvalue weighted by Gasteiger charge is -2.06. The highest BCUT2D eigenvalue weighted by Crippen LogP contribution is 2.22. The van der Waals surface area contributed by atoms with Crippen molar-refractivity contribution in [2.24, 2.45) is 0 Å². The Morgan fingerprint density at radius 3 is 2.25 bits per heavy atom. The zero-order valence-corrected chi connectivity index (χ0v) is 13.4. The van der Waals surface area contributed by atoms with Gasteiger partial charge < -0.3 is 9.47 Å². The molecule has 0 N–H and O–H groups in total. The van der Waals surface area contributed by atoms with E-state index in [1.807, 2.05) is 42.5 Å². The lowest BCUT2D eigenvalue weighted by Crippen LogP contribution is -2.08. The molecule has 24 heavy (non-hydrogen) atoms. The highest BCUT2D eigenvalue weighted by molar-refractivity contribution is 5.81. The third kappa shape index (κ3) is 5.72. The molecule has 0 atom stereocenters. The van der Waals surface area contributed by atoms with Crippen molar-refractivity contribution in [3.8, 4) is 16.9 Å². The van der Waals surface area contributed by atoms with Crippen LogP contribution in [0.4, 0.5) is 0 Å². The summed E-state index contributed by atoms with van der Waals surface area (Å²) in [6, 6.07) is 17.4. The Kier molecular flexibility index (Phi) is 6.77. The number of ether oxygens (including phenoxy) is 2. The Bertz CT molecular complexity index is 675. The highest BCUT2D eigenvalue weighted by atomic mass is 16.5. The molecule has 4 heteroatoms. The zero-order chi connectivity index (χ0) is 17.2. The molecule has 0 aliphatic heterocycles. The lowest BCUT2D eigenvalue weighted by molar-refractivity contribution is -0.137. The van der Waals surface area contributed by atoms with E-state index < -0.39 is 5.97 Å². The van der Waals surface area contributed by atoms with Crippen LogP contribution in [-0.2, 0) is 14.3 Å². The van der Waals surface area contributed by atoms with Gasteiger partial charge in [0.25, 0.3) is 0 Å². The summed E-state index contributed by atoms with van der Waals surface area (Å²) in [7, 11) is 0. The summed E-state index contributed by atoms with van der Waals surface area (Å²) in [6.45, 7) is 3.59. The van der Waals surface area contributed by atoms with Crippen LogP contribution < -0.4 is 4.74 Å². The molecule has 2 aromatic rings. The normalized spacial score (nSPS) is 10.0. The molecule has 2 rings (SSSR count). The fourth-order valence-electron chi connectivity index (χ4n) is 2.13. The van der Waals surface area contributed by atoms with Gasteiger partial charge in [-0.1, -0.05) is 49.0 Å². The smallest absolute Gasteiger partial charge is 0.330 e. The first kappa shape index (κ1) is 17.5. The average molecular weight is 324 g/mol. The van der Waals surface area contributed by atoms with Gasteiger partial charge in [0.1, 0.15) is 5.75 Å². The number of unbranched alkanes of at least 4 members (excludes halogenated alkanes) is 1. The highest BCUT2D eigenvalue weighted by Gasteiger charge is 2.06. The van der Waals surface area contributed by atoms with Gasteiger partial charge in [-0.2, -0.15) is 0 Å². The van der Waals surface area contributed by atoms with Gasteiger partial charge >= 0.3 is 11.9 Å². The van der Waals surface area contributed by atoms with Gasteiger partial charge in [0.15, 0.2) is 0 Å². The SMILES string of the molecule is C=CC(=O)OCCCCC(=O)Oc1ccc(-c2ccccc2)cc1. The third-order valence-corrected chi connectivity index (χ3v) is 3.38. The molecule has 0 spiro atoms. The topological polar surface area (TPSA) is 52.6 Å². The van der Waals surface area contributed by atoms with E-state index in [2.05, 4.69) is 6.58 Å². The van der Waals surface area contributed by atoms with E-state index in [9.17, 15) is 9.59 Å². The van der Waals surface area contributed by atoms with Crippen molar-refractivity contribution < 1.29 is 19.1 Å². The van der Waals surface area contributed by atoms with Crippen LogP contribution in [0, 0.1) is 0 Å². The van der Waals surface area contributed by atoms with Gasteiger partial charge in [0, 0.05) is 12.5 Å². The van der Waals surface area contributed by atoms with Crippen molar-refractivity contribution in [1.82, 2.24) is 0 Å². The minimum atomic E-state index is -0.448. The second-order valence-corrected chi connectivity index (χ2v) is 5.19. The number of carbonyl (C=O) groups excluding carboxylic acids is 2. The maximum atomic E-state index is 11.8. The molecule has 4 nitrogen and oxygen atoms in total. The van der Waals surface area contributed by atoms with Crippen LogP contribution in [-0.4, -0.2) is 18.5 Å². The molecule has 0 heterocycles. The molecule has 124 valence electrons. The molecule has 0 amide bonds. The number of hydrogen-bond acceptors (Lipinski definition) is 4. The summed E-state index contributed by atoms with van der Waals surface area (Å²) in [4.78, 5) is 22.6. The molecule has 0 aliphatic carbocycles. The largest absolute Gasteiger partial charge is 0.463 e. The number of esters is 2. The summed E-state index contributed by atoms with van der Waals surface area (Å²) in [6.07, 6.45) is 2.62. The van der Waals surface area contributed by atoms with Crippen molar-refractivity contribution in [1.29, 1.82) is 0 Å². The van der Waals surface area contributed by atoms with Crippen LogP contribution in [0.3, 0.4) is 0 Å². The van der Waals surface area contributed by atoms with Gasteiger partial charge in [-0.25, -0.2) is 4.79 Å².